The number of hydrogen-bond donors (Lipinski definition) is 1. The van der Waals surface area contributed by atoms with Crippen molar-refractivity contribution < 1.29 is 19.1 Å². The molecule has 2 aliphatic rings. The molecule has 0 saturated carbocycles. The molecule has 150 valence electrons. The molecule has 4 rings (SSSR count). The molecule has 0 unspecified atom stereocenters. The summed E-state index contributed by atoms with van der Waals surface area (Å²) in [4.78, 5) is 41.1. The summed E-state index contributed by atoms with van der Waals surface area (Å²) in [6.07, 6.45) is -0.0615. The van der Waals surface area contributed by atoms with Crippen LogP contribution in [0.2, 0.25) is 0 Å². The first kappa shape index (κ1) is 19.0. The molecule has 0 spiro atoms. The Bertz CT molecular complexity index is 913. The monoisotopic (exact) mass is 393 g/mol. The number of piperazine rings is 2. The van der Waals surface area contributed by atoms with Gasteiger partial charge in [-0.3, -0.25) is 9.59 Å². The van der Waals surface area contributed by atoms with E-state index >= 15 is 0 Å². The maximum Gasteiger partial charge on any atom is 0.415 e. The van der Waals surface area contributed by atoms with Crippen molar-refractivity contribution in [1.29, 1.82) is 0 Å². The molecule has 2 aromatic carbocycles. The number of amides is 3. The fraction of sp³-hybridized carbons (Fsp3) is 0.318. The molecule has 0 bridgehead atoms. The molecular formula is C22H23N3O4. The third-order valence-corrected chi connectivity index (χ3v) is 5.35. The van der Waals surface area contributed by atoms with Gasteiger partial charge in [0.05, 0.1) is 6.54 Å². The van der Waals surface area contributed by atoms with Gasteiger partial charge in [-0.25, -0.2) is 4.79 Å². The van der Waals surface area contributed by atoms with E-state index in [9.17, 15) is 14.4 Å². The zero-order valence-corrected chi connectivity index (χ0v) is 16.2. The molecule has 0 aliphatic carbocycles. The lowest BCUT2D eigenvalue weighted by Gasteiger charge is -2.44. The highest BCUT2D eigenvalue weighted by atomic mass is 16.6. The molecule has 2 saturated heterocycles. The standard InChI is InChI=1S/C22H23N3O4/c1-15-7-9-17(10-8-15)29-22(28)24-11-12-25-19(14-24)20(26)23-18(21(25)27)13-16-5-3-2-4-6-16/h2-10,18-19H,11-14H2,1H3,(H,23,26)/t18-,19+/m0/s1. The second-order valence-electron chi connectivity index (χ2n) is 7.43. The van der Waals surface area contributed by atoms with Gasteiger partial charge in [0.2, 0.25) is 11.8 Å². The Morgan fingerprint density at radius 3 is 2.52 bits per heavy atom. The van der Waals surface area contributed by atoms with Gasteiger partial charge in [-0.15, -0.1) is 0 Å². The van der Waals surface area contributed by atoms with Gasteiger partial charge in [0.1, 0.15) is 17.8 Å². The van der Waals surface area contributed by atoms with Crippen LogP contribution in [0.5, 0.6) is 5.75 Å². The molecule has 3 amide bonds. The highest BCUT2D eigenvalue weighted by Gasteiger charge is 2.44. The number of fused-ring (bicyclic) bond motifs is 1. The van der Waals surface area contributed by atoms with Gasteiger partial charge in [0.25, 0.3) is 0 Å². The molecule has 7 heteroatoms. The molecule has 2 aromatic rings. The first-order valence-electron chi connectivity index (χ1n) is 9.69. The van der Waals surface area contributed by atoms with Crippen LogP contribution in [0.3, 0.4) is 0 Å². The predicted molar refractivity (Wildman–Crippen MR) is 106 cm³/mol. The average Bonchev–Trinajstić information content (AvgIpc) is 2.74. The highest BCUT2D eigenvalue weighted by molar-refractivity contribution is 5.97. The van der Waals surface area contributed by atoms with Crippen LogP contribution >= 0.6 is 0 Å². The quantitative estimate of drug-likeness (QED) is 0.862. The summed E-state index contributed by atoms with van der Waals surface area (Å²) < 4.78 is 5.40. The average molecular weight is 393 g/mol. The predicted octanol–water partition coefficient (Wildman–Crippen LogP) is 1.75. The van der Waals surface area contributed by atoms with Gasteiger partial charge in [0.15, 0.2) is 0 Å². The first-order chi connectivity index (χ1) is 14.0. The topological polar surface area (TPSA) is 79.0 Å². The fourth-order valence-corrected chi connectivity index (χ4v) is 3.73. The number of ether oxygens (including phenoxy) is 1. The Hall–Kier alpha value is -3.35. The largest absolute Gasteiger partial charge is 0.415 e. The van der Waals surface area contributed by atoms with E-state index < -0.39 is 18.2 Å². The van der Waals surface area contributed by atoms with E-state index in [0.717, 1.165) is 11.1 Å². The van der Waals surface area contributed by atoms with Gasteiger partial charge in [-0.2, -0.15) is 0 Å². The number of benzene rings is 2. The van der Waals surface area contributed by atoms with Crippen LogP contribution in [0, 0.1) is 6.92 Å². The smallest absolute Gasteiger partial charge is 0.410 e. The van der Waals surface area contributed by atoms with E-state index in [1.807, 2.05) is 49.4 Å². The molecule has 0 radical (unpaired) electrons. The van der Waals surface area contributed by atoms with E-state index in [1.165, 1.54) is 4.90 Å². The van der Waals surface area contributed by atoms with Crippen LogP contribution in [0.15, 0.2) is 54.6 Å². The van der Waals surface area contributed by atoms with Gasteiger partial charge < -0.3 is 19.9 Å². The van der Waals surface area contributed by atoms with Gasteiger partial charge in [-0.05, 0) is 24.6 Å². The minimum Gasteiger partial charge on any atom is -0.410 e. The number of hydrogen-bond acceptors (Lipinski definition) is 4. The van der Waals surface area contributed by atoms with Crippen LogP contribution < -0.4 is 10.1 Å². The van der Waals surface area contributed by atoms with Crippen molar-refractivity contribution in [3.63, 3.8) is 0 Å². The molecule has 2 heterocycles. The second-order valence-corrected chi connectivity index (χ2v) is 7.43. The van der Waals surface area contributed by atoms with Crippen LogP contribution in [-0.4, -0.2) is 59.4 Å². The number of aryl methyl sites for hydroxylation is 1. The van der Waals surface area contributed by atoms with Crippen molar-refractivity contribution in [2.45, 2.75) is 25.4 Å². The highest BCUT2D eigenvalue weighted by Crippen LogP contribution is 2.20. The zero-order chi connectivity index (χ0) is 20.4. The lowest BCUT2D eigenvalue weighted by Crippen LogP contribution is -2.70. The summed E-state index contributed by atoms with van der Waals surface area (Å²) in [5.41, 5.74) is 2.06. The molecule has 2 atom stereocenters. The molecular weight excluding hydrogens is 370 g/mol. The third-order valence-electron chi connectivity index (χ3n) is 5.35. The van der Waals surface area contributed by atoms with E-state index in [1.54, 1.807) is 17.0 Å². The number of nitrogens with zero attached hydrogens (tertiary/aromatic N) is 2. The minimum absolute atomic E-state index is 0.106. The van der Waals surface area contributed by atoms with Crippen LogP contribution in [-0.2, 0) is 16.0 Å². The third kappa shape index (κ3) is 4.08. The van der Waals surface area contributed by atoms with Crippen molar-refractivity contribution in [2.75, 3.05) is 19.6 Å². The maximum atomic E-state index is 12.9. The summed E-state index contributed by atoms with van der Waals surface area (Å²) >= 11 is 0. The number of nitrogens with one attached hydrogen (secondary N) is 1. The van der Waals surface area contributed by atoms with Crippen molar-refractivity contribution in [3.05, 3.63) is 65.7 Å². The van der Waals surface area contributed by atoms with Crippen molar-refractivity contribution in [2.24, 2.45) is 0 Å². The molecule has 29 heavy (non-hydrogen) atoms. The SMILES string of the molecule is Cc1ccc(OC(=O)N2CCN3C(=O)[C@H](Cc4ccccc4)NC(=O)[C@H]3C2)cc1. The van der Waals surface area contributed by atoms with E-state index in [2.05, 4.69) is 5.32 Å². The lowest BCUT2D eigenvalue weighted by molar-refractivity contribution is -0.152. The summed E-state index contributed by atoms with van der Waals surface area (Å²) in [7, 11) is 0. The summed E-state index contributed by atoms with van der Waals surface area (Å²) in [5.74, 6) is 0.110. The van der Waals surface area contributed by atoms with Gasteiger partial charge in [0, 0.05) is 19.5 Å². The second kappa shape index (κ2) is 7.95. The number of carbonyl (C=O) groups excluding carboxylic acids is 3. The van der Waals surface area contributed by atoms with Crippen molar-refractivity contribution in [1.82, 2.24) is 15.1 Å². The molecule has 2 aliphatic heterocycles. The van der Waals surface area contributed by atoms with Crippen LogP contribution in [0.1, 0.15) is 11.1 Å². The Morgan fingerprint density at radius 2 is 1.79 bits per heavy atom. The molecule has 7 nitrogen and oxygen atoms in total. The number of rotatable bonds is 3. The van der Waals surface area contributed by atoms with Gasteiger partial charge in [-0.1, -0.05) is 48.0 Å². The van der Waals surface area contributed by atoms with Crippen molar-refractivity contribution in [3.8, 4) is 5.75 Å². The molecule has 0 aromatic heterocycles. The Balaban J connectivity index is 1.40. The van der Waals surface area contributed by atoms with E-state index in [4.69, 9.17) is 4.74 Å². The first-order valence-corrected chi connectivity index (χ1v) is 9.69. The minimum atomic E-state index is -0.686. The van der Waals surface area contributed by atoms with Crippen LogP contribution in [0.25, 0.3) is 0 Å². The summed E-state index contributed by atoms with van der Waals surface area (Å²) in [6, 6.07) is 15.5. The fourth-order valence-electron chi connectivity index (χ4n) is 3.73. The van der Waals surface area contributed by atoms with Crippen molar-refractivity contribution >= 4 is 17.9 Å². The Morgan fingerprint density at radius 1 is 1.07 bits per heavy atom. The van der Waals surface area contributed by atoms with E-state index in [0.29, 0.717) is 25.3 Å². The molecule has 1 N–H and O–H groups in total. The summed E-state index contributed by atoms with van der Waals surface area (Å²) in [5, 5.41) is 2.82. The number of carbonyl (C=O) groups is 3. The van der Waals surface area contributed by atoms with Gasteiger partial charge >= 0.3 is 6.09 Å². The lowest BCUT2D eigenvalue weighted by atomic mass is 9.99. The molecule has 2 fully saturated rings. The summed E-state index contributed by atoms with van der Waals surface area (Å²) in [6.45, 7) is 2.72. The zero-order valence-electron chi connectivity index (χ0n) is 16.2. The maximum absolute atomic E-state index is 12.9. The normalized spacial score (nSPS) is 21.4. The Kier molecular flexibility index (Phi) is 5.20. The Labute approximate surface area is 169 Å². The van der Waals surface area contributed by atoms with Crippen LogP contribution in [0.4, 0.5) is 4.79 Å². The van der Waals surface area contributed by atoms with E-state index in [-0.39, 0.29) is 18.4 Å².